The van der Waals surface area contributed by atoms with E-state index >= 15 is 0 Å². The highest BCUT2D eigenvalue weighted by atomic mass is 32.2. The highest BCUT2D eigenvalue weighted by Gasteiger charge is 2.29. The Morgan fingerprint density at radius 1 is 1.03 bits per heavy atom. The molecule has 3 rings (SSSR count). The third kappa shape index (κ3) is 5.09. The molecule has 0 heterocycles. The number of hydrogen-bond donors (Lipinski definition) is 0. The summed E-state index contributed by atoms with van der Waals surface area (Å²) in [5.41, 5.74) is 2.37. The van der Waals surface area contributed by atoms with Gasteiger partial charge in [0.25, 0.3) is 21.6 Å². The Morgan fingerprint density at radius 2 is 1.69 bits per heavy atom. The van der Waals surface area contributed by atoms with E-state index < -0.39 is 20.9 Å². The van der Waals surface area contributed by atoms with Crippen LogP contribution in [-0.4, -0.2) is 19.2 Å². The second-order valence-electron chi connectivity index (χ2n) is 7.13. The minimum atomic E-state index is -4.19. The van der Waals surface area contributed by atoms with Gasteiger partial charge in [0.05, 0.1) is 15.5 Å². The van der Waals surface area contributed by atoms with Crippen molar-refractivity contribution in [3.8, 4) is 0 Å². The maximum Gasteiger partial charge on any atom is 0.271 e. The third-order valence-corrected chi connectivity index (χ3v) is 6.58. The number of carbonyl (C=O) groups is 1. The van der Waals surface area contributed by atoms with Crippen molar-refractivity contribution < 1.29 is 18.1 Å². The molecule has 3 aromatic rings. The zero-order valence-electron chi connectivity index (χ0n) is 17.6. The van der Waals surface area contributed by atoms with Crippen molar-refractivity contribution in [1.82, 2.24) is 0 Å². The Morgan fingerprint density at radius 3 is 2.28 bits per heavy atom. The van der Waals surface area contributed by atoms with Gasteiger partial charge >= 0.3 is 0 Å². The summed E-state index contributed by atoms with van der Waals surface area (Å²) in [6.07, 6.45) is 3.22. The Hall–Kier alpha value is -3.78. The Kier molecular flexibility index (Phi) is 6.85. The maximum atomic E-state index is 13.4. The van der Waals surface area contributed by atoms with E-state index in [2.05, 4.69) is 0 Å². The molecule has 0 aromatic heterocycles. The van der Waals surface area contributed by atoms with Crippen LogP contribution in [0, 0.1) is 17.0 Å². The lowest BCUT2D eigenvalue weighted by Crippen LogP contribution is -2.35. The molecular formula is C24H22N2O5S. The topological polar surface area (TPSA) is 97.6 Å². The largest absolute Gasteiger partial charge is 0.271 e. The number of nitro benzene ring substituents is 1. The second kappa shape index (κ2) is 9.57. The number of nitro groups is 1. The summed E-state index contributed by atoms with van der Waals surface area (Å²) < 4.78 is 27.5. The third-order valence-electron chi connectivity index (χ3n) is 4.84. The lowest BCUT2D eigenvalue weighted by Gasteiger charge is -2.21. The number of carbonyl (C=O) groups excluding carboxylic acids is 1. The van der Waals surface area contributed by atoms with Crippen molar-refractivity contribution in [2.75, 3.05) is 4.31 Å². The van der Waals surface area contributed by atoms with Crippen LogP contribution in [0.1, 0.15) is 23.6 Å². The second-order valence-corrected chi connectivity index (χ2v) is 8.91. The number of non-ortho nitro benzene ring substituents is 1. The summed E-state index contributed by atoms with van der Waals surface area (Å²) in [5.74, 6) is -0.790. The molecule has 1 amide bonds. The van der Waals surface area contributed by atoms with Crippen LogP contribution in [-0.2, 0) is 21.2 Å². The van der Waals surface area contributed by atoms with Gasteiger partial charge in [0.2, 0.25) is 0 Å². The van der Waals surface area contributed by atoms with Crippen molar-refractivity contribution in [2.45, 2.75) is 25.2 Å². The molecule has 8 heteroatoms. The van der Waals surface area contributed by atoms with Crippen LogP contribution in [0.15, 0.2) is 83.8 Å². The number of sulfonamides is 1. The smallest absolute Gasteiger partial charge is 0.268 e. The Labute approximate surface area is 186 Å². The summed E-state index contributed by atoms with van der Waals surface area (Å²) in [7, 11) is -4.19. The molecule has 0 N–H and O–H groups in total. The van der Waals surface area contributed by atoms with Gasteiger partial charge in [0.15, 0.2) is 0 Å². The lowest BCUT2D eigenvalue weighted by molar-refractivity contribution is -0.384. The number of nitrogens with zero attached hydrogens (tertiary/aromatic N) is 2. The molecule has 7 nitrogen and oxygen atoms in total. The first kappa shape index (κ1) is 22.9. The van der Waals surface area contributed by atoms with Gasteiger partial charge in [-0.25, -0.2) is 8.42 Å². The van der Waals surface area contributed by atoms with E-state index in [-0.39, 0.29) is 16.3 Å². The van der Waals surface area contributed by atoms with E-state index in [0.29, 0.717) is 5.56 Å². The lowest BCUT2D eigenvalue weighted by atomic mass is 10.1. The molecule has 3 aromatic carbocycles. The van der Waals surface area contributed by atoms with Crippen LogP contribution in [0.5, 0.6) is 0 Å². The highest BCUT2D eigenvalue weighted by Crippen LogP contribution is 2.26. The van der Waals surface area contributed by atoms with Gasteiger partial charge in [-0.3, -0.25) is 14.9 Å². The van der Waals surface area contributed by atoms with Crippen molar-refractivity contribution in [3.63, 3.8) is 0 Å². The molecule has 0 aliphatic carbocycles. The van der Waals surface area contributed by atoms with Gasteiger partial charge < -0.3 is 0 Å². The SMILES string of the molecule is CCc1ccc(N(C(=O)/C=C/c2cccc([N+](=O)[O-])c2)S(=O)(=O)c2ccc(C)cc2)cc1. The molecule has 0 saturated heterocycles. The Bertz CT molecular complexity index is 1260. The zero-order chi connectivity index (χ0) is 23.3. The summed E-state index contributed by atoms with van der Waals surface area (Å²) >= 11 is 0. The molecule has 32 heavy (non-hydrogen) atoms. The van der Waals surface area contributed by atoms with Crippen LogP contribution in [0.25, 0.3) is 6.08 Å². The number of anilines is 1. The van der Waals surface area contributed by atoms with Crippen LogP contribution in [0.3, 0.4) is 0 Å². The van der Waals surface area contributed by atoms with Gasteiger partial charge in [-0.05, 0) is 54.8 Å². The van der Waals surface area contributed by atoms with Crippen LogP contribution in [0.2, 0.25) is 0 Å². The summed E-state index contributed by atoms with van der Waals surface area (Å²) in [6, 6.07) is 18.7. The Balaban J connectivity index is 2.03. The fourth-order valence-corrected chi connectivity index (χ4v) is 4.43. The number of aryl methyl sites for hydroxylation is 2. The van der Waals surface area contributed by atoms with Crippen molar-refractivity contribution in [1.29, 1.82) is 0 Å². The summed E-state index contributed by atoms with van der Waals surface area (Å²) in [6.45, 7) is 3.81. The zero-order valence-corrected chi connectivity index (χ0v) is 18.5. The standard InChI is InChI=1S/C24H22N2O5S/c1-3-19-9-12-21(13-10-19)25(32(30,31)23-14-7-18(2)8-15-23)24(27)16-11-20-5-4-6-22(17-20)26(28)29/h4-17H,3H2,1-2H3/b16-11+. The minimum Gasteiger partial charge on any atom is -0.268 e. The van der Waals surface area contributed by atoms with E-state index in [9.17, 15) is 23.3 Å². The molecule has 0 unspecified atom stereocenters. The van der Waals surface area contributed by atoms with Crippen molar-refractivity contribution >= 4 is 33.4 Å². The van der Waals surface area contributed by atoms with Gasteiger partial charge in [0, 0.05) is 18.2 Å². The normalized spacial score (nSPS) is 11.4. The predicted octanol–water partition coefficient (Wildman–Crippen LogP) is 4.90. The van der Waals surface area contributed by atoms with E-state index in [1.54, 1.807) is 42.5 Å². The van der Waals surface area contributed by atoms with Crippen LogP contribution < -0.4 is 4.31 Å². The molecular weight excluding hydrogens is 428 g/mol. The highest BCUT2D eigenvalue weighted by molar-refractivity contribution is 7.93. The maximum absolute atomic E-state index is 13.4. The average molecular weight is 451 g/mol. The van der Waals surface area contributed by atoms with E-state index in [4.69, 9.17) is 0 Å². The quantitative estimate of drug-likeness (QED) is 0.290. The molecule has 0 atom stereocenters. The van der Waals surface area contributed by atoms with E-state index in [1.807, 2.05) is 13.8 Å². The molecule has 0 saturated carbocycles. The van der Waals surface area contributed by atoms with Gasteiger partial charge in [-0.15, -0.1) is 0 Å². The predicted molar refractivity (Wildman–Crippen MR) is 124 cm³/mol. The minimum absolute atomic E-state index is 0.0141. The van der Waals surface area contributed by atoms with Gasteiger partial charge in [-0.2, -0.15) is 4.31 Å². The van der Waals surface area contributed by atoms with Crippen molar-refractivity contribution in [2.24, 2.45) is 0 Å². The number of benzene rings is 3. The number of amides is 1. The molecule has 0 fully saturated rings. The van der Waals surface area contributed by atoms with Crippen LogP contribution >= 0.6 is 0 Å². The van der Waals surface area contributed by atoms with E-state index in [0.717, 1.165) is 27.9 Å². The average Bonchev–Trinajstić information content (AvgIpc) is 2.78. The van der Waals surface area contributed by atoms with E-state index in [1.165, 1.54) is 36.4 Å². The molecule has 0 spiro atoms. The van der Waals surface area contributed by atoms with Crippen molar-refractivity contribution in [3.05, 3.63) is 106 Å². The van der Waals surface area contributed by atoms with Crippen LogP contribution in [0.4, 0.5) is 11.4 Å². The number of hydrogen-bond acceptors (Lipinski definition) is 5. The van der Waals surface area contributed by atoms with Gasteiger partial charge in [-0.1, -0.05) is 48.9 Å². The molecule has 0 bridgehead atoms. The molecule has 0 aliphatic heterocycles. The number of rotatable bonds is 7. The molecule has 164 valence electrons. The summed E-state index contributed by atoms with van der Waals surface area (Å²) in [4.78, 5) is 23.5. The first-order chi connectivity index (χ1) is 15.2. The van der Waals surface area contributed by atoms with Gasteiger partial charge in [0.1, 0.15) is 0 Å². The fraction of sp³-hybridized carbons (Fsp3) is 0.125. The monoisotopic (exact) mass is 450 g/mol. The fourth-order valence-electron chi connectivity index (χ4n) is 3.04. The first-order valence-corrected chi connectivity index (χ1v) is 11.3. The summed E-state index contributed by atoms with van der Waals surface area (Å²) in [5, 5.41) is 11.0. The molecule has 0 aliphatic rings. The first-order valence-electron chi connectivity index (χ1n) is 9.90. The molecule has 0 radical (unpaired) electrons.